The van der Waals surface area contributed by atoms with Crippen LogP contribution >= 0.6 is 0 Å². The first-order chi connectivity index (χ1) is 16.2. The zero-order valence-corrected chi connectivity index (χ0v) is 18.8. The lowest BCUT2D eigenvalue weighted by molar-refractivity contribution is 0.288. The van der Waals surface area contributed by atoms with Crippen LogP contribution in [0.1, 0.15) is 5.56 Å². The minimum absolute atomic E-state index is 0.333. The summed E-state index contributed by atoms with van der Waals surface area (Å²) < 4.78 is 28.2. The van der Waals surface area contributed by atoms with Crippen molar-refractivity contribution in [2.24, 2.45) is 0 Å². The molecule has 168 valence electrons. The fourth-order valence-electron chi connectivity index (χ4n) is 3.37. The van der Waals surface area contributed by atoms with Gasteiger partial charge in [0.2, 0.25) is 11.6 Å². The number of benzene rings is 3. The summed E-state index contributed by atoms with van der Waals surface area (Å²) in [6, 6.07) is 25.0. The zero-order valence-electron chi connectivity index (χ0n) is 18.8. The molecule has 0 radical (unpaired) electrons. The number of hydrogen-bond acceptors (Lipinski definition) is 6. The summed E-state index contributed by atoms with van der Waals surface area (Å²) in [5.41, 5.74) is 2.72. The van der Waals surface area contributed by atoms with Gasteiger partial charge in [-0.05, 0) is 42.0 Å². The van der Waals surface area contributed by atoms with Gasteiger partial charge in [0.05, 0.1) is 21.3 Å². The van der Waals surface area contributed by atoms with E-state index >= 15 is 0 Å². The van der Waals surface area contributed by atoms with Crippen LogP contribution in [0, 0.1) is 0 Å². The second kappa shape index (κ2) is 10.4. The first-order valence-corrected chi connectivity index (χ1v) is 10.4. The molecule has 0 saturated heterocycles. The molecule has 0 aliphatic rings. The van der Waals surface area contributed by atoms with Crippen LogP contribution in [-0.4, -0.2) is 26.3 Å². The van der Waals surface area contributed by atoms with Crippen LogP contribution in [0.5, 0.6) is 34.6 Å². The average Bonchev–Trinajstić information content (AvgIpc) is 2.88. The highest BCUT2D eigenvalue weighted by atomic mass is 16.5. The third-order valence-corrected chi connectivity index (χ3v) is 5.05. The number of aromatic nitrogens is 1. The van der Waals surface area contributed by atoms with Gasteiger partial charge in [0, 0.05) is 23.4 Å². The molecule has 0 amide bonds. The first-order valence-electron chi connectivity index (χ1n) is 10.4. The van der Waals surface area contributed by atoms with Gasteiger partial charge in [-0.15, -0.1) is 0 Å². The molecule has 1 aromatic heterocycles. The number of pyridine rings is 1. The third-order valence-electron chi connectivity index (χ3n) is 5.05. The van der Waals surface area contributed by atoms with Gasteiger partial charge in [0.15, 0.2) is 11.5 Å². The van der Waals surface area contributed by atoms with E-state index in [0.29, 0.717) is 29.7 Å². The highest BCUT2D eigenvalue weighted by molar-refractivity contribution is 5.70. The molecular formula is C27H25NO5. The van der Waals surface area contributed by atoms with E-state index in [4.69, 9.17) is 23.7 Å². The molecule has 0 bridgehead atoms. The summed E-state index contributed by atoms with van der Waals surface area (Å²) in [4.78, 5) is 4.46. The monoisotopic (exact) mass is 443 g/mol. The molecular weight excluding hydrogens is 418 g/mol. The van der Waals surface area contributed by atoms with E-state index in [1.165, 1.54) is 0 Å². The van der Waals surface area contributed by atoms with Crippen LogP contribution in [0.4, 0.5) is 0 Å². The Balaban J connectivity index is 1.48. The minimum atomic E-state index is 0.333. The molecule has 0 spiro atoms. The molecule has 0 aliphatic heterocycles. The molecule has 0 N–H and O–H groups in total. The van der Waals surface area contributed by atoms with Gasteiger partial charge >= 0.3 is 0 Å². The number of rotatable bonds is 9. The van der Waals surface area contributed by atoms with Gasteiger partial charge in [-0.1, -0.05) is 36.4 Å². The van der Waals surface area contributed by atoms with Gasteiger partial charge in [0.1, 0.15) is 18.1 Å². The lowest BCUT2D eigenvalue weighted by Gasteiger charge is -2.14. The van der Waals surface area contributed by atoms with E-state index in [1.807, 2.05) is 78.9 Å². The Kier molecular flexibility index (Phi) is 6.95. The predicted octanol–water partition coefficient (Wildman–Crippen LogP) is 6.15. The maximum absolute atomic E-state index is 6.00. The number of hydrogen-bond donors (Lipinski definition) is 0. The second-order valence-corrected chi connectivity index (χ2v) is 7.11. The molecule has 6 nitrogen and oxygen atoms in total. The average molecular weight is 443 g/mol. The Morgan fingerprint density at radius 1 is 0.667 bits per heavy atom. The topological polar surface area (TPSA) is 59.0 Å². The van der Waals surface area contributed by atoms with Gasteiger partial charge in [-0.2, -0.15) is 0 Å². The number of para-hydroxylation sites is 2. The lowest BCUT2D eigenvalue weighted by Crippen LogP contribution is -2.00. The smallest absolute Gasteiger partial charge is 0.213 e. The molecule has 0 fully saturated rings. The maximum Gasteiger partial charge on any atom is 0.213 e. The molecule has 0 saturated carbocycles. The van der Waals surface area contributed by atoms with Crippen molar-refractivity contribution in [3.63, 3.8) is 0 Å². The lowest BCUT2D eigenvalue weighted by atomic mass is 10.1. The fraction of sp³-hybridized carbons (Fsp3) is 0.148. The summed E-state index contributed by atoms with van der Waals surface area (Å²) in [5.74, 6) is 3.76. The zero-order chi connectivity index (χ0) is 23.0. The second-order valence-electron chi connectivity index (χ2n) is 7.11. The van der Waals surface area contributed by atoms with Crippen molar-refractivity contribution in [2.75, 3.05) is 21.3 Å². The molecule has 3 aromatic carbocycles. The molecule has 6 heteroatoms. The van der Waals surface area contributed by atoms with Crippen LogP contribution in [0.2, 0.25) is 0 Å². The van der Waals surface area contributed by atoms with Gasteiger partial charge in [0.25, 0.3) is 0 Å². The first kappa shape index (κ1) is 22.0. The molecule has 33 heavy (non-hydrogen) atoms. The molecule has 0 aliphatic carbocycles. The number of methoxy groups -OCH3 is 3. The highest BCUT2D eigenvalue weighted by Gasteiger charge is 2.14. The Morgan fingerprint density at radius 3 is 2.00 bits per heavy atom. The molecule has 4 aromatic rings. The van der Waals surface area contributed by atoms with Crippen LogP contribution in [0.3, 0.4) is 0 Å². The van der Waals surface area contributed by atoms with Crippen molar-refractivity contribution in [3.05, 3.63) is 90.6 Å². The van der Waals surface area contributed by atoms with Crippen molar-refractivity contribution in [2.45, 2.75) is 6.61 Å². The van der Waals surface area contributed by atoms with E-state index < -0.39 is 0 Å². The SMILES string of the molecule is COc1cc(-c2ccc(OCc3ccccc3Oc3ccccc3)nc2)cc(OC)c1OC. The van der Waals surface area contributed by atoms with E-state index in [1.54, 1.807) is 27.5 Å². The van der Waals surface area contributed by atoms with Crippen molar-refractivity contribution < 1.29 is 23.7 Å². The molecule has 4 rings (SSSR count). The largest absolute Gasteiger partial charge is 0.493 e. The normalized spacial score (nSPS) is 10.4. The summed E-state index contributed by atoms with van der Waals surface area (Å²) in [6.45, 7) is 0.333. The Hall–Kier alpha value is -4.19. The van der Waals surface area contributed by atoms with Gasteiger partial charge < -0.3 is 23.7 Å². The van der Waals surface area contributed by atoms with E-state index in [2.05, 4.69) is 4.98 Å². The number of ether oxygens (including phenoxy) is 5. The van der Waals surface area contributed by atoms with E-state index in [-0.39, 0.29) is 0 Å². The van der Waals surface area contributed by atoms with Crippen molar-refractivity contribution in [3.8, 4) is 45.8 Å². The minimum Gasteiger partial charge on any atom is -0.493 e. The molecule has 0 atom stereocenters. The van der Waals surface area contributed by atoms with Crippen LogP contribution in [0.25, 0.3) is 11.1 Å². The van der Waals surface area contributed by atoms with Crippen LogP contribution in [-0.2, 0) is 6.61 Å². The highest BCUT2D eigenvalue weighted by Crippen LogP contribution is 2.41. The van der Waals surface area contributed by atoms with Gasteiger partial charge in [-0.25, -0.2) is 4.98 Å². The van der Waals surface area contributed by atoms with Crippen molar-refractivity contribution >= 4 is 0 Å². The summed E-state index contributed by atoms with van der Waals surface area (Å²) in [6.07, 6.45) is 1.75. The third kappa shape index (κ3) is 5.18. The Morgan fingerprint density at radius 2 is 1.36 bits per heavy atom. The maximum atomic E-state index is 6.00. The van der Waals surface area contributed by atoms with Crippen molar-refractivity contribution in [1.82, 2.24) is 4.98 Å². The predicted molar refractivity (Wildman–Crippen MR) is 127 cm³/mol. The summed E-state index contributed by atoms with van der Waals surface area (Å²) in [7, 11) is 4.77. The summed E-state index contributed by atoms with van der Waals surface area (Å²) in [5, 5.41) is 0. The van der Waals surface area contributed by atoms with Gasteiger partial charge in [-0.3, -0.25) is 0 Å². The Labute approximate surface area is 193 Å². The molecule has 0 unspecified atom stereocenters. The molecule has 1 heterocycles. The van der Waals surface area contributed by atoms with Crippen LogP contribution in [0.15, 0.2) is 85.1 Å². The Bertz CT molecular complexity index is 1170. The van der Waals surface area contributed by atoms with E-state index in [9.17, 15) is 0 Å². The fourth-order valence-corrected chi connectivity index (χ4v) is 3.37. The quantitative estimate of drug-likeness (QED) is 0.309. The van der Waals surface area contributed by atoms with Crippen LogP contribution < -0.4 is 23.7 Å². The van der Waals surface area contributed by atoms with Crippen molar-refractivity contribution in [1.29, 1.82) is 0 Å². The number of nitrogens with zero attached hydrogens (tertiary/aromatic N) is 1. The standard InChI is InChI=1S/C27H25NO5/c1-29-24-15-21(16-25(30-2)27(24)31-3)19-13-14-26(28-17-19)32-18-20-9-7-8-12-23(20)33-22-10-5-4-6-11-22/h4-17H,18H2,1-3H3. The summed E-state index contributed by atoms with van der Waals surface area (Å²) >= 11 is 0. The van der Waals surface area contributed by atoms with E-state index in [0.717, 1.165) is 28.2 Å².